The normalized spacial score (nSPS) is 24.2. The number of carboxylic acid groups (broad SMARTS) is 1. The van der Waals surface area contributed by atoms with Crippen LogP contribution in [0.25, 0.3) is 0 Å². The van der Waals surface area contributed by atoms with Gasteiger partial charge in [0.2, 0.25) is 0 Å². The quantitative estimate of drug-likeness (QED) is 0.773. The molecule has 0 bridgehead atoms. The molecular weight excluding hydrogens is 342 g/mol. The molecule has 3 heterocycles. The lowest BCUT2D eigenvalue weighted by Crippen LogP contribution is -2.28. The number of nitrogens with zero attached hydrogens (tertiary/aromatic N) is 1. The van der Waals surface area contributed by atoms with Crippen molar-refractivity contribution in [3.8, 4) is 17.2 Å². The minimum atomic E-state index is -1.06. The first-order valence-corrected chi connectivity index (χ1v) is 8.00. The Morgan fingerprint density at radius 2 is 2.27 bits per heavy atom. The minimum Gasteiger partial charge on any atom is -0.487 e. The summed E-state index contributed by atoms with van der Waals surface area (Å²) in [6.45, 7) is 0.0771. The van der Waals surface area contributed by atoms with E-state index in [1.807, 2.05) is 6.07 Å². The smallest absolute Gasteiger partial charge is 0.413 e. The molecule has 26 heavy (non-hydrogen) atoms. The van der Waals surface area contributed by atoms with Crippen LogP contribution in [-0.2, 0) is 11.3 Å². The number of cyclic esters (lactones) is 1. The Kier molecular flexibility index (Phi) is 2.99. The Morgan fingerprint density at radius 1 is 1.38 bits per heavy atom. The van der Waals surface area contributed by atoms with E-state index in [4.69, 9.17) is 19.3 Å². The maximum absolute atomic E-state index is 11.3. The Morgan fingerprint density at radius 3 is 3.12 bits per heavy atom. The molecule has 2 aliphatic heterocycles. The third-order valence-electron chi connectivity index (χ3n) is 4.66. The predicted molar refractivity (Wildman–Crippen MR) is 86.7 cm³/mol. The molecule has 2 amide bonds. The van der Waals surface area contributed by atoms with E-state index in [0.717, 1.165) is 11.3 Å². The number of carbonyl (C=O) groups is 2. The number of pyridine rings is 1. The standard InChI is InChI=1S/C17H13N3O6/c21-16(22)19-13-12-8-5-7(1-2-10(8)26-14(12)13)25-11-3-4-18-15-9(11)6-24-17(23)20-15/h1-5,12-14,19H,6H2,(H,21,22)(H,18,20,23)/t12-,13-,14-/m0/s1. The van der Waals surface area contributed by atoms with Crippen molar-refractivity contribution in [1.82, 2.24) is 10.3 Å². The van der Waals surface area contributed by atoms with Crippen molar-refractivity contribution in [2.45, 2.75) is 24.7 Å². The second-order valence-corrected chi connectivity index (χ2v) is 6.22. The van der Waals surface area contributed by atoms with Crippen LogP contribution >= 0.6 is 0 Å². The first-order valence-electron chi connectivity index (χ1n) is 8.00. The zero-order chi connectivity index (χ0) is 17.8. The number of nitrogens with one attached hydrogen (secondary N) is 2. The third-order valence-corrected chi connectivity index (χ3v) is 4.66. The van der Waals surface area contributed by atoms with Crippen LogP contribution in [0.2, 0.25) is 0 Å². The summed E-state index contributed by atoms with van der Waals surface area (Å²) >= 11 is 0. The SMILES string of the molecule is O=C(O)N[C@@H]1[C@H]2Oc3ccc(Oc4ccnc5c4COC(=O)N5)cc3[C@@H]12. The summed E-state index contributed by atoms with van der Waals surface area (Å²) in [5.41, 5.74) is 1.57. The Labute approximate surface area is 146 Å². The minimum absolute atomic E-state index is 0.00127. The lowest BCUT2D eigenvalue weighted by atomic mass is 10.1. The molecule has 0 unspecified atom stereocenters. The summed E-state index contributed by atoms with van der Waals surface area (Å²) in [7, 11) is 0. The molecule has 9 heteroatoms. The van der Waals surface area contributed by atoms with E-state index in [1.54, 1.807) is 24.4 Å². The lowest BCUT2D eigenvalue weighted by molar-refractivity contribution is 0.150. The molecule has 3 aliphatic rings. The van der Waals surface area contributed by atoms with Crippen molar-refractivity contribution in [2.75, 3.05) is 5.32 Å². The summed E-state index contributed by atoms with van der Waals surface area (Å²) in [5, 5.41) is 13.9. The second-order valence-electron chi connectivity index (χ2n) is 6.22. The van der Waals surface area contributed by atoms with Gasteiger partial charge in [-0.25, -0.2) is 14.6 Å². The fourth-order valence-electron chi connectivity index (χ4n) is 3.43. The number of aromatic nitrogens is 1. The zero-order valence-electron chi connectivity index (χ0n) is 13.3. The fraction of sp³-hybridized carbons (Fsp3) is 0.235. The summed E-state index contributed by atoms with van der Waals surface area (Å²) in [6.07, 6.45) is -0.227. The van der Waals surface area contributed by atoms with Crippen LogP contribution in [0.3, 0.4) is 0 Å². The summed E-state index contributed by atoms with van der Waals surface area (Å²) in [5.74, 6) is 2.26. The molecule has 1 aliphatic carbocycles. The van der Waals surface area contributed by atoms with Gasteiger partial charge < -0.3 is 24.6 Å². The van der Waals surface area contributed by atoms with Gasteiger partial charge in [-0.3, -0.25) is 5.32 Å². The van der Waals surface area contributed by atoms with Crippen LogP contribution in [-0.4, -0.2) is 34.4 Å². The van der Waals surface area contributed by atoms with E-state index in [2.05, 4.69) is 15.6 Å². The molecule has 5 rings (SSSR count). The number of hydrogen-bond donors (Lipinski definition) is 3. The summed E-state index contributed by atoms with van der Waals surface area (Å²) in [6, 6.07) is 6.89. The van der Waals surface area contributed by atoms with Crippen molar-refractivity contribution in [1.29, 1.82) is 0 Å². The number of rotatable bonds is 3. The number of hydrogen-bond acceptors (Lipinski definition) is 6. The lowest BCUT2D eigenvalue weighted by Gasteiger charge is -2.19. The van der Waals surface area contributed by atoms with Crippen molar-refractivity contribution < 1.29 is 28.9 Å². The van der Waals surface area contributed by atoms with Crippen LogP contribution in [0.15, 0.2) is 30.5 Å². The molecule has 1 saturated carbocycles. The molecule has 0 saturated heterocycles. The van der Waals surface area contributed by atoms with E-state index >= 15 is 0 Å². The first kappa shape index (κ1) is 14.8. The van der Waals surface area contributed by atoms with E-state index in [0.29, 0.717) is 22.9 Å². The van der Waals surface area contributed by atoms with Crippen LogP contribution in [0.1, 0.15) is 17.0 Å². The van der Waals surface area contributed by atoms with Gasteiger partial charge >= 0.3 is 12.2 Å². The summed E-state index contributed by atoms with van der Waals surface area (Å²) in [4.78, 5) is 26.2. The van der Waals surface area contributed by atoms with Crippen molar-refractivity contribution in [3.05, 3.63) is 41.6 Å². The van der Waals surface area contributed by atoms with Crippen LogP contribution in [0, 0.1) is 0 Å². The van der Waals surface area contributed by atoms with Gasteiger partial charge in [0, 0.05) is 11.8 Å². The maximum Gasteiger partial charge on any atom is 0.413 e. The highest BCUT2D eigenvalue weighted by atomic mass is 16.6. The van der Waals surface area contributed by atoms with E-state index in [1.165, 1.54) is 0 Å². The molecule has 0 spiro atoms. The van der Waals surface area contributed by atoms with Gasteiger partial charge in [-0.2, -0.15) is 0 Å². The second kappa shape index (κ2) is 5.25. The molecule has 132 valence electrons. The average molecular weight is 355 g/mol. The topological polar surface area (TPSA) is 119 Å². The monoisotopic (exact) mass is 355 g/mol. The number of carbonyl (C=O) groups excluding carboxylic acids is 1. The number of amides is 2. The van der Waals surface area contributed by atoms with Crippen molar-refractivity contribution >= 4 is 18.0 Å². The summed E-state index contributed by atoms with van der Waals surface area (Å²) < 4.78 is 16.7. The van der Waals surface area contributed by atoms with E-state index in [-0.39, 0.29) is 24.7 Å². The number of fused-ring (bicyclic) bond motifs is 4. The van der Waals surface area contributed by atoms with Gasteiger partial charge in [-0.15, -0.1) is 0 Å². The van der Waals surface area contributed by atoms with E-state index in [9.17, 15) is 9.59 Å². The highest BCUT2D eigenvalue weighted by molar-refractivity contribution is 5.86. The van der Waals surface area contributed by atoms with Crippen LogP contribution < -0.4 is 20.1 Å². The average Bonchev–Trinajstić information content (AvgIpc) is 3.11. The number of benzene rings is 1. The Bertz CT molecular complexity index is 946. The largest absolute Gasteiger partial charge is 0.487 e. The van der Waals surface area contributed by atoms with Gasteiger partial charge in [0.1, 0.15) is 35.8 Å². The highest BCUT2D eigenvalue weighted by Gasteiger charge is 2.59. The molecule has 1 aromatic carbocycles. The molecule has 9 nitrogen and oxygen atoms in total. The molecule has 0 radical (unpaired) electrons. The number of anilines is 1. The molecule has 1 aromatic heterocycles. The van der Waals surface area contributed by atoms with Crippen molar-refractivity contribution in [2.24, 2.45) is 0 Å². The highest BCUT2D eigenvalue weighted by Crippen LogP contribution is 2.54. The first-order chi connectivity index (χ1) is 12.6. The molecule has 2 aromatic rings. The van der Waals surface area contributed by atoms with Gasteiger partial charge in [0.15, 0.2) is 0 Å². The van der Waals surface area contributed by atoms with Gasteiger partial charge in [-0.1, -0.05) is 0 Å². The van der Waals surface area contributed by atoms with Gasteiger partial charge in [-0.05, 0) is 24.3 Å². The molecule has 3 N–H and O–H groups in total. The zero-order valence-corrected chi connectivity index (χ0v) is 13.3. The fourth-order valence-corrected chi connectivity index (χ4v) is 3.43. The van der Waals surface area contributed by atoms with Crippen LogP contribution in [0.5, 0.6) is 17.2 Å². The maximum atomic E-state index is 11.3. The van der Waals surface area contributed by atoms with Crippen LogP contribution in [0.4, 0.5) is 15.4 Å². The number of ether oxygens (including phenoxy) is 3. The third kappa shape index (κ3) is 2.28. The Balaban J connectivity index is 1.40. The van der Waals surface area contributed by atoms with Gasteiger partial charge in [0.05, 0.1) is 17.5 Å². The molecule has 1 fully saturated rings. The van der Waals surface area contributed by atoms with Gasteiger partial charge in [0.25, 0.3) is 0 Å². The van der Waals surface area contributed by atoms with Crippen molar-refractivity contribution in [3.63, 3.8) is 0 Å². The molecular formula is C17H13N3O6. The Hall–Kier alpha value is -3.49. The predicted octanol–water partition coefficient (Wildman–Crippen LogP) is 2.43. The molecule has 3 atom stereocenters. The van der Waals surface area contributed by atoms with E-state index < -0.39 is 12.2 Å².